The first-order valence-electron chi connectivity index (χ1n) is 4.57. The van der Waals surface area contributed by atoms with Gasteiger partial charge < -0.3 is 4.74 Å². The number of nitro groups is 1. The van der Waals surface area contributed by atoms with Crippen LogP contribution in [0.5, 0.6) is 0 Å². The highest BCUT2D eigenvalue weighted by Crippen LogP contribution is 2.25. The van der Waals surface area contributed by atoms with Crippen molar-refractivity contribution in [2.24, 2.45) is 0 Å². The van der Waals surface area contributed by atoms with Crippen LogP contribution >= 0.6 is 0 Å². The molecule has 0 atom stereocenters. The second-order valence-electron chi connectivity index (χ2n) is 2.91. The lowest BCUT2D eigenvalue weighted by Gasteiger charge is -2.04. The Morgan fingerprint density at radius 2 is 2.29 bits per heavy atom. The highest BCUT2D eigenvalue weighted by atomic mass is 19.1. The van der Waals surface area contributed by atoms with E-state index in [2.05, 4.69) is 4.74 Å². The van der Waals surface area contributed by atoms with E-state index in [9.17, 15) is 19.3 Å². The first-order chi connectivity index (χ1) is 8.02. The van der Waals surface area contributed by atoms with Gasteiger partial charge in [-0.2, -0.15) is 9.65 Å². The Balaban J connectivity index is 3.39. The minimum absolute atomic E-state index is 0.0199. The minimum Gasteiger partial charge on any atom is -0.462 e. The second-order valence-corrected chi connectivity index (χ2v) is 2.91. The summed E-state index contributed by atoms with van der Waals surface area (Å²) < 4.78 is 18.2. The van der Waals surface area contributed by atoms with Crippen LogP contribution in [0.25, 0.3) is 0 Å². The molecular weight excluding hydrogens is 231 g/mol. The van der Waals surface area contributed by atoms with Crippen LogP contribution in [0, 0.1) is 27.3 Å². The quantitative estimate of drug-likeness (QED) is 0.454. The molecule has 0 saturated heterocycles. The fourth-order valence-corrected chi connectivity index (χ4v) is 1.20. The summed E-state index contributed by atoms with van der Waals surface area (Å²) in [6.07, 6.45) is 0. The first kappa shape index (κ1) is 12.6. The summed E-state index contributed by atoms with van der Waals surface area (Å²) in [7, 11) is 0. The maximum atomic E-state index is 13.7. The number of hydrogen-bond donors (Lipinski definition) is 0. The molecule has 0 aliphatic heterocycles. The van der Waals surface area contributed by atoms with Gasteiger partial charge in [-0.1, -0.05) is 0 Å². The molecule has 0 fully saturated rings. The number of esters is 1. The van der Waals surface area contributed by atoms with Crippen LogP contribution in [0.15, 0.2) is 12.1 Å². The van der Waals surface area contributed by atoms with Crippen LogP contribution in [-0.2, 0) is 4.74 Å². The van der Waals surface area contributed by atoms with E-state index in [1.54, 1.807) is 0 Å². The van der Waals surface area contributed by atoms with Gasteiger partial charge in [0, 0.05) is 0 Å². The van der Waals surface area contributed by atoms with Gasteiger partial charge in [-0.15, -0.1) is 0 Å². The molecule has 88 valence electrons. The standard InChI is InChI=1S/C10H7FN2O4/c1-2-17-10(14)7-4-3-6(5-12)9(8(7)11)13(15)16/h3-4H,2H2,1H3. The number of nitrogens with zero attached hydrogens (tertiary/aromatic N) is 2. The summed E-state index contributed by atoms with van der Waals surface area (Å²) in [5.41, 5.74) is -2.02. The molecule has 0 saturated carbocycles. The third-order valence-electron chi connectivity index (χ3n) is 1.91. The maximum absolute atomic E-state index is 13.7. The van der Waals surface area contributed by atoms with Gasteiger partial charge in [0.05, 0.1) is 11.5 Å². The van der Waals surface area contributed by atoms with Crippen LogP contribution in [0.3, 0.4) is 0 Å². The van der Waals surface area contributed by atoms with Gasteiger partial charge in [-0.05, 0) is 19.1 Å². The molecule has 0 spiro atoms. The number of ether oxygens (including phenoxy) is 1. The van der Waals surface area contributed by atoms with Crippen molar-refractivity contribution < 1.29 is 18.8 Å². The number of carbonyl (C=O) groups is 1. The minimum atomic E-state index is -1.35. The van der Waals surface area contributed by atoms with Crippen molar-refractivity contribution in [2.45, 2.75) is 6.92 Å². The SMILES string of the molecule is CCOC(=O)c1ccc(C#N)c([N+](=O)[O-])c1F. The predicted molar refractivity (Wildman–Crippen MR) is 53.7 cm³/mol. The lowest BCUT2D eigenvalue weighted by atomic mass is 10.1. The second kappa shape index (κ2) is 5.03. The number of rotatable bonds is 3. The zero-order valence-electron chi connectivity index (χ0n) is 8.77. The van der Waals surface area contributed by atoms with Crippen molar-refractivity contribution in [1.29, 1.82) is 5.26 Å². The van der Waals surface area contributed by atoms with Crippen LogP contribution < -0.4 is 0 Å². The molecule has 0 radical (unpaired) electrons. The molecule has 0 amide bonds. The zero-order valence-corrected chi connectivity index (χ0v) is 8.77. The number of nitriles is 1. The molecule has 7 heteroatoms. The number of halogens is 1. The van der Waals surface area contributed by atoms with Crippen LogP contribution in [-0.4, -0.2) is 17.5 Å². The highest BCUT2D eigenvalue weighted by Gasteiger charge is 2.27. The summed E-state index contributed by atoms with van der Waals surface area (Å²) in [4.78, 5) is 20.8. The van der Waals surface area contributed by atoms with Gasteiger partial charge in [0.2, 0.25) is 5.82 Å². The van der Waals surface area contributed by atoms with E-state index >= 15 is 0 Å². The summed E-state index contributed by atoms with van der Waals surface area (Å²) >= 11 is 0. The van der Waals surface area contributed by atoms with Crippen LogP contribution in [0.4, 0.5) is 10.1 Å². The number of benzene rings is 1. The molecule has 0 bridgehead atoms. The number of nitro benzene ring substituents is 1. The predicted octanol–water partition coefficient (Wildman–Crippen LogP) is 1.78. The fourth-order valence-electron chi connectivity index (χ4n) is 1.20. The fraction of sp³-hybridized carbons (Fsp3) is 0.200. The van der Waals surface area contributed by atoms with E-state index < -0.39 is 33.5 Å². The lowest BCUT2D eigenvalue weighted by molar-refractivity contribution is -0.387. The van der Waals surface area contributed by atoms with Crippen molar-refractivity contribution in [3.63, 3.8) is 0 Å². The Bertz CT molecular complexity index is 522. The van der Waals surface area contributed by atoms with Gasteiger partial charge in [0.15, 0.2) is 0 Å². The summed E-state index contributed by atoms with van der Waals surface area (Å²) in [5, 5.41) is 19.2. The average molecular weight is 238 g/mol. The summed E-state index contributed by atoms with van der Waals surface area (Å²) in [6, 6.07) is 3.47. The Morgan fingerprint density at radius 1 is 1.65 bits per heavy atom. The maximum Gasteiger partial charge on any atom is 0.341 e. The van der Waals surface area contributed by atoms with Gasteiger partial charge in [0.1, 0.15) is 17.2 Å². The van der Waals surface area contributed by atoms with Gasteiger partial charge in [-0.3, -0.25) is 10.1 Å². The van der Waals surface area contributed by atoms with E-state index in [1.807, 2.05) is 0 Å². The van der Waals surface area contributed by atoms with Crippen molar-refractivity contribution in [1.82, 2.24) is 0 Å². The van der Waals surface area contributed by atoms with E-state index in [-0.39, 0.29) is 6.61 Å². The van der Waals surface area contributed by atoms with Gasteiger partial charge >= 0.3 is 11.7 Å². The zero-order chi connectivity index (χ0) is 13.0. The van der Waals surface area contributed by atoms with Crippen molar-refractivity contribution in [3.8, 4) is 6.07 Å². The van der Waals surface area contributed by atoms with Crippen LogP contribution in [0.2, 0.25) is 0 Å². The molecular formula is C10H7FN2O4. The van der Waals surface area contributed by atoms with Gasteiger partial charge in [-0.25, -0.2) is 4.79 Å². The molecule has 1 aromatic rings. The number of carbonyl (C=O) groups excluding carboxylic acids is 1. The average Bonchev–Trinajstić information content (AvgIpc) is 2.27. The normalized spacial score (nSPS) is 9.47. The van der Waals surface area contributed by atoms with E-state index in [4.69, 9.17) is 5.26 Å². The Morgan fingerprint density at radius 3 is 2.76 bits per heavy atom. The molecule has 0 aliphatic rings. The Kier molecular flexibility index (Phi) is 3.72. The highest BCUT2D eigenvalue weighted by molar-refractivity contribution is 5.91. The first-order valence-corrected chi connectivity index (χ1v) is 4.57. The van der Waals surface area contributed by atoms with Crippen molar-refractivity contribution in [3.05, 3.63) is 39.2 Å². The monoisotopic (exact) mass is 238 g/mol. The molecule has 0 unspecified atom stereocenters. The third kappa shape index (κ3) is 2.36. The topological polar surface area (TPSA) is 93.2 Å². The molecule has 0 aliphatic carbocycles. The van der Waals surface area contributed by atoms with E-state index in [0.717, 1.165) is 12.1 Å². The van der Waals surface area contributed by atoms with Crippen molar-refractivity contribution >= 4 is 11.7 Å². The largest absolute Gasteiger partial charge is 0.462 e. The molecule has 0 aromatic heterocycles. The molecule has 0 N–H and O–H groups in total. The summed E-state index contributed by atoms with van der Waals surface area (Å²) in [6.45, 7) is 1.54. The smallest absolute Gasteiger partial charge is 0.341 e. The molecule has 17 heavy (non-hydrogen) atoms. The van der Waals surface area contributed by atoms with E-state index in [0.29, 0.717) is 0 Å². The molecule has 6 nitrogen and oxygen atoms in total. The summed E-state index contributed by atoms with van der Waals surface area (Å²) in [5.74, 6) is -2.36. The third-order valence-corrected chi connectivity index (χ3v) is 1.91. The molecule has 0 heterocycles. The van der Waals surface area contributed by atoms with E-state index in [1.165, 1.54) is 13.0 Å². The molecule has 1 aromatic carbocycles. The lowest BCUT2D eigenvalue weighted by Crippen LogP contribution is -2.09. The van der Waals surface area contributed by atoms with Gasteiger partial charge in [0.25, 0.3) is 0 Å². The van der Waals surface area contributed by atoms with Crippen LogP contribution in [0.1, 0.15) is 22.8 Å². The van der Waals surface area contributed by atoms with Crippen molar-refractivity contribution in [2.75, 3.05) is 6.61 Å². The Hall–Kier alpha value is -2.49. The Labute approximate surface area is 95.4 Å². The molecule has 1 rings (SSSR count). The number of hydrogen-bond acceptors (Lipinski definition) is 5.